The van der Waals surface area contributed by atoms with Crippen LogP contribution in [-0.4, -0.2) is 36.1 Å². The van der Waals surface area contributed by atoms with Crippen LogP contribution in [0.5, 0.6) is 11.5 Å². The molecule has 4 rings (SSSR count). The van der Waals surface area contributed by atoms with Crippen LogP contribution in [0.3, 0.4) is 0 Å². The number of benzene rings is 2. The molecule has 2 N–H and O–H groups in total. The van der Waals surface area contributed by atoms with Gasteiger partial charge in [0.1, 0.15) is 23.7 Å². The molecular weight excluding hydrogens is 388 g/mol. The lowest BCUT2D eigenvalue weighted by atomic mass is 9.91. The Kier molecular flexibility index (Phi) is 4.33. The molecule has 8 nitrogen and oxygen atoms in total. The van der Waals surface area contributed by atoms with Crippen molar-refractivity contribution < 1.29 is 32.6 Å². The Morgan fingerprint density at radius 1 is 1.17 bits per heavy atom. The predicted molar refractivity (Wildman–Crippen MR) is 95.1 cm³/mol. The minimum atomic E-state index is -1.83. The van der Waals surface area contributed by atoms with Crippen molar-refractivity contribution in [2.75, 3.05) is 18.7 Å². The lowest BCUT2D eigenvalue weighted by Gasteiger charge is -2.22. The molecule has 2 aliphatic heterocycles. The van der Waals surface area contributed by atoms with E-state index in [0.717, 1.165) is 18.2 Å². The minimum Gasteiger partial charge on any atom is -0.454 e. The van der Waals surface area contributed by atoms with E-state index in [1.807, 2.05) is 0 Å². The van der Waals surface area contributed by atoms with Crippen LogP contribution in [0.15, 0.2) is 36.4 Å². The molecule has 2 aromatic carbocycles. The Hall–Kier alpha value is -3.69. The molecule has 1 unspecified atom stereocenters. The third-order valence-corrected chi connectivity index (χ3v) is 4.70. The Morgan fingerprint density at radius 2 is 1.93 bits per heavy atom. The zero-order chi connectivity index (χ0) is 20.8. The van der Waals surface area contributed by atoms with Crippen molar-refractivity contribution >= 4 is 23.5 Å². The third kappa shape index (κ3) is 3.22. The molecule has 0 spiro atoms. The molecule has 0 aromatic heterocycles. The maximum Gasteiger partial charge on any atom is 0.325 e. The maximum atomic E-state index is 14.2. The molecule has 1 saturated heterocycles. The van der Waals surface area contributed by atoms with E-state index in [1.54, 1.807) is 18.2 Å². The van der Waals surface area contributed by atoms with Crippen molar-refractivity contribution in [3.8, 4) is 11.5 Å². The van der Waals surface area contributed by atoms with Crippen LogP contribution in [0.25, 0.3) is 0 Å². The zero-order valence-electron chi connectivity index (χ0n) is 15.1. The quantitative estimate of drug-likeness (QED) is 0.763. The number of hydrogen-bond acceptors (Lipinski definition) is 5. The first-order valence-electron chi connectivity index (χ1n) is 8.57. The Bertz CT molecular complexity index is 1040. The van der Waals surface area contributed by atoms with Crippen LogP contribution in [0.4, 0.5) is 19.3 Å². The third-order valence-electron chi connectivity index (χ3n) is 4.70. The van der Waals surface area contributed by atoms with Gasteiger partial charge in [-0.05, 0) is 37.3 Å². The number of ether oxygens (including phenoxy) is 2. The molecule has 29 heavy (non-hydrogen) atoms. The van der Waals surface area contributed by atoms with Crippen molar-refractivity contribution in [1.82, 2.24) is 10.2 Å². The summed E-state index contributed by atoms with van der Waals surface area (Å²) in [7, 11) is 0. The van der Waals surface area contributed by atoms with Crippen molar-refractivity contribution in [3.05, 3.63) is 53.6 Å². The standard InChI is InChI=1S/C19H15F2N3O5/c1-19(12-6-10(20)2-4-13(12)21)17(26)24(18(27)23-19)8-16(25)22-11-3-5-14-15(7-11)29-9-28-14/h2-7H,8-9H2,1H3,(H,22,25)(H,23,27). The lowest BCUT2D eigenvalue weighted by molar-refractivity contribution is -0.133. The van der Waals surface area contributed by atoms with Crippen molar-refractivity contribution in [3.63, 3.8) is 0 Å². The molecule has 2 heterocycles. The molecule has 0 saturated carbocycles. The number of amides is 4. The second-order valence-corrected chi connectivity index (χ2v) is 6.69. The fraction of sp³-hybridized carbons (Fsp3) is 0.211. The van der Waals surface area contributed by atoms with Gasteiger partial charge in [-0.3, -0.25) is 14.5 Å². The van der Waals surface area contributed by atoms with Crippen molar-refractivity contribution in [2.24, 2.45) is 0 Å². The first-order chi connectivity index (χ1) is 13.8. The molecule has 10 heteroatoms. The SMILES string of the molecule is CC1(c2cc(F)ccc2F)NC(=O)N(CC(=O)Nc2ccc3c(c2)OCO3)C1=O. The number of fused-ring (bicyclic) bond motifs is 1. The van der Waals surface area contributed by atoms with Crippen LogP contribution in [0.1, 0.15) is 12.5 Å². The topological polar surface area (TPSA) is 97.0 Å². The second kappa shape index (κ2) is 6.73. The summed E-state index contributed by atoms with van der Waals surface area (Å²) in [4.78, 5) is 38.0. The summed E-state index contributed by atoms with van der Waals surface area (Å²) >= 11 is 0. The second-order valence-electron chi connectivity index (χ2n) is 6.69. The van der Waals surface area contributed by atoms with Gasteiger partial charge in [-0.25, -0.2) is 13.6 Å². The van der Waals surface area contributed by atoms with Gasteiger partial charge in [0.15, 0.2) is 11.5 Å². The average molecular weight is 403 g/mol. The van der Waals surface area contributed by atoms with E-state index in [9.17, 15) is 23.2 Å². The molecule has 0 aliphatic carbocycles. The van der Waals surface area contributed by atoms with Gasteiger partial charge in [0.05, 0.1) is 0 Å². The van der Waals surface area contributed by atoms with Gasteiger partial charge >= 0.3 is 6.03 Å². The van der Waals surface area contributed by atoms with E-state index in [4.69, 9.17) is 9.47 Å². The number of nitrogens with one attached hydrogen (secondary N) is 2. The molecule has 2 aromatic rings. The molecule has 2 aliphatic rings. The van der Waals surface area contributed by atoms with Crippen LogP contribution >= 0.6 is 0 Å². The minimum absolute atomic E-state index is 0.0738. The molecule has 0 radical (unpaired) electrons. The highest BCUT2D eigenvalue weighted by Crippen LogP contribution is 2.34. The number of rotatable bonds is 4. The molecule has 150 valence electrons. The fourth-order valence-corrected chi connectivity index (χ4v) is 3.22. The highest BCUT2D eigenvalue weighted by Gasteiger charge is 2.50. The monoisotopic (exact) mass is 403 g/mol. The number of urea groups is 1. The van der Waals surface area contributed by atoms with Crippen LogP contribution in [0.2, 0.25) is 0 Å². The van der Waals surface area contributed by atoms with Gasteiger partial charge in [-0.2, -0.15) is 0 Å². The van der Waals surface area contributed by atoms with Crippen LogP contribution < -0.4 is 20.1 Å². The lowest BCUT2D eigenvalue weighted by Crippen LogP contribution is -2.42. The van der Waals surface area contributed by atoms with Gasteiger partial charge in [-0.1, -0.05) is 0 Å². The van der Waals surface area contributed by atoms with Gasteiger partial charge in [0, 0.05) is 17.3 Å². The summed E-state index contributed by atoms with van der Waals surface area (Å²) in [5.41, 5.74) is -1.78. The summed E-state index contributed by atoms with van der Waals surface area (Å²) in [5.74, 6) is -2.15. The largest absolute Gasteiger partial charge is 0.454 e. The molecule has 1 fully saturated rings. The first kappa shape index (κ1) is 18.7. The Morgan fingerprint density at radius 3 is 2.72 bits per heavy atom. The first-order valence-corrected chi connectivity index (χ1v) is 8.57. The zero-order valence-corrected chi connectivity index (χ0v) is 15.1. The molecular formula is C19H15F2N3O5. The van der Waals surface area contributed by atoms with E-state index in [0.29, 0.717) is 22.1 Å². The molecule has 0 bridgehead atoms. The van der Waals surface area contributed by atoms with E-state index in [-0.39, 0.29) is 12.4 Å². The van der Waals surface area contributed by atoms with Crippen molar-refractivity contribution in [2.45, 2.75) is 12.5 Å². The summed E-state index contributed by atoms with van der Waals surface area (Å²) in [6.07, 6.45) is 0. The van der Waals surface area contributed by atoms with Gasteiger partial charge in [0.2, 0.25) is 12.7 Å². The smallest absolute Gasteiger partial charge is 0.325 e. The summed E-state index contributed by atoms with van der Waals surface area (Å²) < 4.78 is 38.1. The number of halogens is 2. The number of imide groups is 1. The van der Waals surface area contributed by atoms with E-state index < -0.39 is 41.6 Å². The molecule has 4 amide bonds. The van der Waals surface area contributed by atoms with Gasteiger partial charge in [0.25, 0.3) is 5.91 Å². The molecule has 1 atom stereocenters. The Balaban J connectivity index is 1.50. The van der Waals surface area contributed by atoms with E-state index in [1.165, 1.54) is 6.92 Å². The highest BCUT2D eigenvalue weighted by atomic mass is 19.1. The number of carbonyl (C=O) groups excluding carboxylic acids is 3. The fourth-order valence-electron chi connectivity index (χ4n) is 3.22. The normalized spacial score (nSPS) is 20.0. The number of hydrogen-bond donors (Lipinski definition) is 2. The van der Waals surface area contributed by atoms with Crippen LogP contribution in [0, 0.1) is 11.6 Å². The van der Waals surface area contributed by atoms with Gasteiger partial charge in [-0.15, -0.1) is 0 Å². The summed E-state index contributed by atoms with van der Waals surface area (Å²) in [6, 6.07) is 6.44. The summed E-state index contributed by atoms with van der Waals surface area (Å²) in [5, 5.41) is 4.88. The number of anilines is 1. The maximum absolute atomic E-state index is 14.2. The van der Waals surface area contributed by atoms with Crippen molar-refractivity contribution in [1.29, 1.82) is 0 Å². The van der Waals surface area contributed by atoms with Gasteiger partial charge < -0.3 is 20.1 Å². The number of carbonyl (C=O) groups is 3. The predicted octanol–water partition coefficient (Wildman–Crippen LogP) is 2.10. The average Bonchev–Trinajstić information content (AvgIpc) is 3.22. The highest BCUT2D eigenvalue weighted by molar-refractivity contribution is 6.10. The number of nitrogens with zero attached hydrogens (tertiary/aromatic N) is 1. The van der Waals surface area contributed by atoms with E-state index >= 15 is 0 Å². The summed E-state index contributed by atoms with van der Waals surface area (Å²) in [6.45, 7) is 0.719. The van der Waals surface area contributed by atoms with E-state index in [2.05, 4.69) is 10.6 Å². The van der Waals surface area contributed by atoms with Crippen LogP contribution in [-0.2, 0) is 15.1 Å². The Labute approximate surface area is 163 Å².